The Kier molecular flexibility index (Phi) is 3.90. The van der Waals surface area contributed by atoms with E-state index in [0.717, 1.165) is 31.6 Å². The van der Waals surface area contributed by atoms with Crippen LogP contribution < -0.4 is 0 Å². The van der Waals surface area contributed by atoms with Crippen LogP contribution in [0.3, 0.4) is 0 Å². The van der Waals surface area contributed by atoms with Gasteiger partial charge >= 0.3 is 0 Å². The van der Waals surface area contributed by atoms with Gasteiger partial charge in [-0.2, -0.15) is 0 Å². The van der Waals surface area contributed by atoms with Gasteiger partial charge in [0.1, 0.15) is 0 Å². The van der Waals surface area contributed by atoms with Crippen LogP contribution in [0.15, 0.2) is 24.3 Å². The van der Waals surface area contributed by atoms with Crippen LogP contribution in [0.4, 0.5) is 0 Å². The van der Waals surface area contributed by atoms with Gasteiger partial charge in [-0.05, 0) is 68.7 Å². The van der Waals surface area contributed by atoms with Crippen molar-refractivity contribution in [2.45, 2.75) is 50.0 Å². The summed E-state index contributed by atoms with van der Waals surface area (Å²) in [6.45, 7) is 2.43. The minimum absolute atomic E-state index is 0.0513. The van der Waals surface area contributed by atoms with Gasteiger partial charge in [0.05, 0.1) is 6.10 Å². The molecule has 1 saturated heterocycles. The predicted octanol–water partition coefficient (Wildman–Crippen LogP) is 3.12. The molecule has 19 heavy (non-hydrogen) atoms. The van der Waals surface area contributed by atoms with Crippen molar-refractivity contribution >= 4 is 0 Å². The largest absolute Gasteiger partial charge is 0.393 e. The van der Waals surface area contributed by atoms with Crippen molar-refractivity contribution in [1.82, 2.24) is 4.90 Å². The average molecular weight is 259 g/mol. The van der Waals surface area contributed by atoms with Gasteiger partial charge in [0.15, 0.2) is 0 Å². The summed E-state index contributed by atoms with van der Waals surface area (Å²) in [4.78, 5) is 2.42. The first kappa shape index (κ1) is 13.1. The van der Waals surface area contributed by atoms with Crippen LogP contribution in [0, 0.1) is 0 Å². The van der Waals surface area contributed by atoms with E-state index in [1.165, 1.54) is 30.6 Å². The standard InChI is InChI=1S/C17H25NO/c1-18-11-10-16(12-18)15-4-2-13(3-5-15)14-6-8-17(19)9-7-14/h2-5,14,16-17,19H,6-12H2,1H3. The summed E-state index contributed by atoms with van der Waals surface area (Å²) >= 11 is 0. The lowest BCUT2D eigenvalue weighted by atomic mass is 9.82. The number of likely N-dealkylation sites (tertiary alicyclic amines) is 1. The molecule has 2 fully saturated rings. The predicted molar refractivity (Wildman–Crippen MR) is 78.5 cm³/mol. The normalized spacial score (nSPS) is 32.6. The van der Waals surface area contributed by atoms with Gasteiger partial charge in [0, 0.05) is 6.54 Å². The van der Waals surface area contributed by atoms with Crippen LogP contribution in [0.1, 0.15) is 55.1 Å². The van der Waals surface area contributed by atoms with Crippen molar-refractivity contribution in [1.29, 1.82) is 0 Å². The van der Waals surface area contributed by atoms with Gasteiger partial charge in [-0.15, -0.1) is 0 Å². The van der Waals surface area contributed by atoms with E-state index in [4.69, 9.17) is 0 Å². The second-order valence-electron chi connectivity index (χ2n) is 6.42. The van der Waals surface area contributed by atoms with Crippen molar-refractivity contribution in [2.75, 3.05) is 20.1 Å². The fourth-order valence-electron chi connectivity index (χ4n) is 3.66. The van der Waals surface area contributed by atoms with Gasteiger partial charge in [0.2, 0.25) is 0 Å². The highest BCUT2D eigenvalue weighted by Crippen LogP contribution is 2.34. The first-order valence-electron chi connectivity index (χ1n) is 7.69. The molecule has 1 saturated carbocycles. The summed E-state index contributed by atoms with van der Waals surface area (Å²) in [6.07, 6.45) is 5.48. The first-order valence-corrected chi connectivity index (χ1v) is 7.69. The lowest BCUT2D eigenvalue weighted by Gasteiger charge is -2.26. The van der Waals surface area contributed by atoms with Gasteiger partial charge in [-0.3, -0.25) is 0 Å². The number of hydrogen-bond acceptors (Lipinski definition) is 2. The zero-order valence-electron chi connectivity index (χ0n) is 11.9. The molecule has 0 radical (unpaired) electrons. The van der Waals surface area contributed by atoms with Crippen molar-refractivity contribution < 1.29 is 5.11 Å². The lowest BCUT2D eigenvalue weighted by molar-refractivity contribution is 0.122. The van der Waals surface area contributed by atoms with Crippen LogP contribution in [0.5, 0.6) is 0 Å². The van der Waals surface area contributed by atoms with Crippen LogP contribution in [0.25, 0.3) is 0 Å². The Labute approximate surface area is 116 Å². The lowest BCUT2D eigenvalue weighted by Crippen LogP contribution is -2.17. The van der Waals surface area contributed by atoms with E-state index in [0.29, 0.717) is 5.92 Å². The molecule has 1 unspecified atom stereocenters. The van der Waals surface area contributed by atoms with Crippen molar-refractivity contribution in [3.63, 3.8) is 0 Å². The topological polar surface area (TPSA) is 23.5 Å². The Hall–Kier alpha value is -0.860. The molecule has 2 aliphatic rings. The highest BCUT2D eigenvalue weighted by Gasteiger charge is 2.23. The first-order chi connectivity index (χ1) is 9.22. The van der Waals surface area contributed by atoms with E-state index in [9.17, 15) is 5.11 Å². The van der Waals surface area contributed by atoms with Crippen molar-refractivity contribution in [2.24, 2.45) is 0 Å². The molecule has 1 aliphatic carbocycles. The van der Waals surface area contributed by atoms with Crippen molar-refractivity contribution in [3.8, 4) is 0 Å². The summed E-state index contributed by atoms with van der Waals surface area (Å²) in [5.41, 5.74) is 2.98. The van der Waals surface area contributed by atoms with E-state index in [1.54, 1.807) is 0 Å². The molecule has 1 atom stereocenters. The molecule has 1 heterocycles. The third-order valence-corrected chi connectivity index (χ3v) is 4.97. The molecule has 1 N–H and O–H groups in total. The molecule has 0 spiro atoms. The fourth-order valence-corrected chi connectivity index (χ4v) is 3.66. The number of likely N-dealkylation sites (N-methyl/N-ethyl adjacent to an activating group) is 1. The molecule has 2 heteroatoms. The molecule has 0 bridgehead atoms. The molecular formula is C17H25NO. The van der Waals surface area contributed by atoms with Crippen LogP contribution >= 0.6 is 0 Å². The molecular weight excluding hydrogens is 234 g/mol. The summed E-state index contributed by atoms with van der Waals surface area (Å²) in [7, 11) is 2.21. The quantitative estimate of drug-likeness (QED) is 0.882. The molecule has 1 aromatic carbocycles. The number of aliphatic hydroxyl groups is 1. The fraction of sp³-hybridized carbons (Fsp3) is 0.647. The van der Waals surface area contributed by atoms with E-state index < -0.39 is 0 Å². The minimum Gasteiger partial charge on any atom is -0.393 e. The average Bonchev–Trinajstić information content (AvgIpc) is 2.87. The second kappa shape index (κ2) is 5.64. The Morgan fingerprint density at radius 2 is 1.47 bits per heavy atom. The van der Waals surface area contributed by atoms with Crippen LogP contribution in [-0.2, 0) is 0 Å². The van der Waals surface area contributed by atoms with E-state index in [1.807, 2.05) is 0 Å². The molecule has 2 nitrogen and oxygen atoms in total. The molecule has 104 valence electrons. The zero-order valence-corrected chi connectivity index (χ0v) is 11.9. The maximum atomic E-state index is 9.58. The summed E-state index contributed by atoms with van der Waals surface area (Å²) in [5, 5.41) is 9.58. The highest BCUT2D eigenvalue weighted by atomic mass is 16.3. The van der Waals surface area contributed by atoms with E-state index >= 15 is 0 Å². The third kappa shape index (κ3) is 3.01. The van der Waals surface area contributed by atoms with Gasteiger partial charge in [-0.25, -0.2) is 0 Å². The number of hydrogen-bond donors (Lipinski definition) is 1. The number of aliphatic hydroxyl groups excluding tert-OH is 1. The van der Waals surface area contributed by atoms with Crippen LogP contribution in [0.2, 0.25) is 0 Å². The number of benzene rings is 1. The van der Waals surface area contributed by atoms with E-state index in [2.05, 4.69) is 36.2 Å². The molecule has 3 rings (SSSR count). The Bertz CT molecular complexity index is 406. The van der Waals surface area contributed by atoms with E-state index in [-0.39, 0.29) is 6.10 Å². The maximum Gasteiger partial charge on any atom is 0.0540 e. The summed E-state index contributed by atoms with van der Waals surface area (Å²) in [5.74, 6) is 1.40. The smallest absolute Gasteiger partial charge is 0.0540 e. The third-order valence-electron chi connectivity index (χ3n) is 4.97. The summed E-state index contributed by atoms with van der Waals surface area (Å²) < 4.78 is 0. The minimum atomic E-state index is -0.0513. The highest BCUT2D eigenvalue weighted by molar-refractivity contribution is 5.29. The number of rotatable bonds is 2. The zero-order chi connectivity index (χ0) is 13.2. The van der Waals surface area contributed by atoms with Gasteiger partial charge in [0.25, 0.3) is 0 Å². The van der Waals surface area contributed by atoms with Gasteiger partial charge < -0.3 is 10.0 Å². The molecule has 1 aromatic rings. The van der Waals surface area contributed by atoms with Gasteiger partial charge in [-0.1, -0.05) is 24.3 Å². The monoisotopic (exact) mass is 259 g/mol. The SMILES string of the molecule is CN1CCC(c2ccc(C3CCC(O)CC3)cc2)C1. The summed E-state index contributed by atoms with van der Waals surface area (Å²) in [6, 6.07) is 9.33. The van der Waals surface area contributed by atoms with Crippen molar-refractivity contribution in [3.05, 3.63) is 35.4 Å². The number of nitrogens with zero attached hydrogens (tertiary/aromatic N) is 1. The maximum absolute atomic E-state index is 9.58. The molecule has 1 aliphatic heterocycles. The molecule has 0 amide bonds. The second-order valence-corrected chi connectivity index (χ2v) is 6.42. The Morgan fingerprint density at radius 1 is 0.895 bits per heavy atom. The molecule has 0 aromatic heterocycles. The van der Waals surface area contributed by atoms with Crippen LogP contribution in [-0.4, -0.2) is 36.2 Å². The Balaban J connectivity index is 1.65. The Morgan fingerprint density at radius 3 is 2.00 bits per heavy atom.